The molecule has 0 fully saturated rings. The van der Waals surface area contributed by atoms with E-state index < -0.39 is 0 Å². The Morgan fingerprint density at radius 1 is 1.10 bits per heavy atom. The highest BCUT2D eigenvalue weighted by atomic mass is 35.5. The number of rotatable bonds is 5. The average molecular weight is 302 g/mol. The Morgan fingerprint density at radius 2 is 1.86 bits per heavy atom. The van der Waals surface area contributed by atoms with E-state index in [0.29, 0.717) is 23.8 Å². The molecule has 2 aromatic carbocycles. The van der Waals surface area contributed by atoms with Gasteiger partial charge in [-0.15, -0.1) is 11.6 Å². The zero-order valence-corrected chi connectivity index (χ0v) is 12.8. The first-order chi connectivity index (χ1) is 10.2. The maximum absolute atomic E-state index is 8.97. The van der Waals surface area contributed by atoms with Crippen molar-refractivity contribution < 1.29 is 9.47 Å². The summed E-state index contributed by atoms with van der Waals surface area (Å²) in [5, 5.41) is 8.97. The second-order valence-electron chi connectivity index (χ2n) is 4.67. The van der Waals surface area contributed by atoms with Gasteiger partial charge in [-0.1, -0.05) is 17.7 Å². The van der Waals surface area contributed by atoms with Crippen LogP contribution < -0.4 is 9.47 Å². The summed E-state index contributed by atoms with van der Waals surface area (Å²) in [4.78, 5) is 0. The molecular weight excluding hydrogens is 286 g/mol. The number of nitrogens with zero attached hydrogens (tertiary/aromatic N) is 1. The maximum Gasteiger partial charge on any atom is 0.125 e. The summed E-state index contributed by atoms with van der Waals surface area (Å²) in [6.45, 7) is 2.34. The van der Waals surface area contributed by atoms with Crippen molar-refractivity contribution in [3.05, 3.63) is 58.7 Å². The third-order valence-corrected chi connectivity index (χ3v) is 3.44. The van der Waals surface area contributed by atoms with Gasteiger partial charge in [0, 0.05) is 11.1 Å². The van der Waals surface area contributed by atoms with Crippen LogP contribution in [0.2, 0.25) is 0 Å². The molecule has 0 saturated heterocycles. The quantitative estimate of drug-likeness (QED) is 0.778. The zero-order chi connectivity index (χ0) is 15.2. The Kier molecular flexibility index (Phi) is 5.08. The molecule has 0 aliphatic rings. The van der Waals surface area contributed by atoms with Crippen LogP contribution >= 0.6 is 11.6 Å². The Labute approximate surface area is 129 Å². The highest BCUT2D eigenvalue weighted by molar-refractivity contribution is 6.17. The van der Waals surface area contributed by atoms with Crippen molar-refractivity contribution in [2.45, 2.75) is 19.4 Å². The number of methoxy groups -OCH3 is 1. The number of nitriles is 1. The second-order valence-corrected chi connectivity index (χ2v) is 4.94. The highest BCUT2D eigenvalue weighted by Gasteiger charge is 2.08. The second kappa shape index (κ2) is 7.01. The Balaban J connectivity index is 2.22. The Morgan fingerprint density at radius 3 is 2.52 bits per heavy atom. The van der Waals surface area contributed by atoms with Crippen LogP contribution in [-0.2, 0) is 12.5 Å². The van der Waals surface area contributed by atoms with E-state index >= 15 is 0 Å². The molecule has 2 rings (SSSR count). The average Bonchev–Trinajstić information content (AvgIpc) is 2.53. The predicted molar refractivity (Wildman–Crippen MR) is 82.8 cm³/mol. The molecule has 3 nitrogen and oxygen atoms in total. The van der Waals surface area contributed by atoms with Crippen LogP contribution in [-0.4, -0.2) is 7.11 Å². The molecule has 0 atom stereocenters. The smallest absolute Gasteiger partial charge is 0.125 e. The lowest BCUT2D eigenvalue weighted by Crippen LogP contribution is -2.01. The van der Waals surface area contributed by atoms with Crippen molar-refractivity contribution in [1.82, 2.24) is 0 Å². The van der Waals surface area contributed by atoms with Crippen LogP contribution in [0, 0.1) is 18.3 Å². The lowest BCUT2D eigenvalue weighted by Gasteiger charge is -2.13. The fraction of sp³-hybridized carbons (Fsp3) is 0.235. The minimum atomic E-state index is 0.325. The number of hydrogen-bond donors (Lipinski definition) is 0. The molecule has 0 radical (unpaired) electrons. The summed E-state index contributed by atoms with van der Waals surface area (Å²) in [5.41, 5.74) is 3.50. The molecular formula is C17H16ClNO2. The van der Waals surface area contributed by atoms with Gasteiger partial charge in [-0.25, -0.2) is 0 Å². The largest absolute Gasteiger partial charge is 0.496 e. The molecule has 108 valence electrons. The van der Waals surface area contributed by atoms with Crippen molar-refractivity contribution in [3.63, 3.8) is 0 Å². The monoisotopic (exact) mass is 301 g/mol. The number of aryl methyl sites for hydroxylation is 1. The van der Waals surface area contributed by atoms with Crippen LogP contribution in [0.4, 0.5) is 0 Å². The van der Waals surface area contributed by atoms with E-state index in [1.807, 2.05) is 25.1 Å². The standard InChI is InChI=1S/C17H16ClNO2/c1-12-3-5-17(14(7-12)9-18)21-11-15-8-13(10-19)4-6-16(15)20-2/h3-8H,9,11H2,1-2H3. The van der Waals surface area contributed by atoms with Crippen molar-refractivity contribution in [1.29, 1.82) is 5.26 Å². The van der Waals surface area contributed by atoms with E-state index in [1.165, 1.54) is 0 Å². The minimum absolute atomic E-state index is 0.325. The molecule has 2 aromatic rings. The molecule has 21 heavy (non-hydrogen) atoms. The van der Waals surface area contributed by atoms with E-state index in [-0.39, 0.29) is 0 Å². The molecule has 0 amide bonds. The maximum atomic E-state index is 8.97. The van der Waals surface area contributed by atoms with E-state index in [1.54, 1.807) is 25.3 Å². The highest BCUT2D eigenvalue weighted by Crippen LogP contribution is 2.25. The zero-order valence-electron chi connectivity index (χ0n) is 12.0. The van der Waals surface area contributed by atoms with Gasteiger partial charge in [0.2, 0.25) is 0 Å². The molecule has 0 heterocycles. The molecule has 0 unspecified atom stereocenters. The summed E-state index contributed by atoms with van der Waals surface area (Å²) in [5.74, 6) is 1.85. The molecule has 0 saturated carbocycles. The minimum Gasteiger partial charge on any atom is -0.496 e. The summed E-state index contributed by atoms with van der Waals surface area (Å²) in [6, 6.07) is 13.3. The van der Waals surface area contributed by atoms with Crippen LogP contribution in [0.25, 0.3) is 0 Å². The van der Waals surface area contributed by atoms with Gasteiger partial charge in [-0.05, 0) is 31.2 Å². The van der Waals surface area contributed by atoms with Gasteiger partial charge in [-0.2, -0.15) is 5.26 Å². The topological polar surface area (TPSA) is 42.2 Å². The van der Waals surface area contributed by atoms with E-state index in [4.69, 9.17) is 26.3 Å². The number of benzene rings is 2. The van der Waals surface area contributed by atoms with Crippen LogP contribution in [0.15, 0.2) is 36.4 Å². The van der Waals surface area contributed by atoms with Gasteiger partial charge >= 0.3 is 0 Å². The predicted octanol–water partition coefficient (Wildman–Crippen LogP) is 4.19. The number of ether oxygens (including phenoxy) is 2. The molecule has 0 aliphatic heterocycles. The fourth-order valence-corrected chi connectivity index (χ4v) is 2.28. The van der Waals surface area contributed by atoms with Crippen LogP contribution in [0.1, 0.15) is 22.3 Å². The third kappa shape index (κ3) is 3.68. The van der Waals surface area contributed by atoms with Crippen molar-refractivity contribution in [3.8, 4) is 17.6 Å². The summed E-state index contributed by atoms with van der Waals surface area (Å²) in [7, 11) is 1.60. The number of alkyl halides is 1. The van der Waals surface area contributed by atoms with Gasteiger partial charge < -0.3 is 9.47 Å². The number of halogens is 1. The summed E-state index contributed by atoms with van der Waals surface area (Å²) >= 11 is 5.94. The van der Waals surface area contributed by atoms with Crippen molar-refractivity contribution in [2.24, 2.45) is 0 Å². The third-order valence-electron chi connectivity index (χ3n) is 3.15. The van der Waals surface area contributed by atoms with Gasteiger partial charge in [0.1, 0.15) is 18.1 Å². The molecule has 4 heteroatoms. The first-order valence-corrected chi connectivity index (χ1v) is 7.06. The van der Waals surface area contributed by atoms with Crippen molar-refractivity contribution >= 4 is 11.6 Å². The molecule has 0 aromatic heterocycles. The molecule has 0 bridgehead atoms. The van der Waals surface area contributed by atoms with E-state index in [9.17, 15) is 0 Å². The summed E-state index contributed by atoms with van der Waals surface area (Å²) in [6.07, 6.45) is 0. The van der Waals surface area contributed by atoms with Crippen molar-refractivity contribution in [2.75, 3.05) is 7.11 Å². The molecule has 0 N–H and O–H groups in total. The van der Waals surface area contributed by atoms with Crippen LogP contribution in [0.3, 0.4) is 0 Å². The van der Waals surface area contributed by atoms with E-state index in [0.717, 1.165) is 22.4 Å². The lowest BCUT2D eigenvalue weighted by molar-refractivity contribution is 0.294. The summed E-state index contributed by atoms with van der Waals surface area (Å²) < 4.78 is 11.1. The molecule has 0 spiro atoms. The first-order valence-electron chi connectivity index (χ1n) is 6.53. The first kappa shape index (κ1) is 15.2. The normalized spacial score (nSPS) is 10.0. The molecule has 0 aliphatic carbocycles. The lowest BCUT2D eigenvalue weighted by atomic mass is 10.1. The number of hydrogen-bond acceptors (Lipinski definition) is 3. The Bertz CT molecular complexity index is 677. The van der Waals surface area contributed by atoms with Gasteiger partial charge in [-0.3, -0.25) is 0 Å². The van der Waals surface area contributed by atoms with Gasteiger partial charge in [0.05, 0.1) is 24.6 Å². The van der Waals surface area contributed by atoms with Crippen LogP contribution in [0.5, 0.6) is 11.5 Å². The van der Waals surface area contributed by atoms with E-state index in [2.05, 4.69) is 6.07 Å². The SMILES string of the molecule is COc1ccc(C#N)cc1COc1ccc(C)cc1CCl. The Hall–Kier alpha value is -2.18. The van der Waals surface area contributed by atoms with Gasteiger partial charge in [0.15, 0.2) is 0 Å². The van der Waals surface area contributed by atoms with Gasteiger partial charge in [0.25, 0.3) is 0 Å². The fourth-order valence-electron chi connectivity index (χ4n) is 2.07.